The molecule has 0 aromatic heterocycles. The van der Waals surface area contributed by atoms with Crippen LogP contribution in [0.25, 0.3) is 0 Å². The van der Waals surface area contributed by atoms with Crippen molar-refractivity contribution in [3.05, 3.63) is 33.4 Å². The van der Waals surface area contributed by atoms with Crippen molar-refractivity contribution in [3.8, 4) is 11.5 Å². The molecule has 30 heavy (non-hydrogen) atoms. The maximum absolute atomic E-state index is 11.0. The standard InChI is InChI=1S/C24H39NO5/c1-5-6-7-8-9-10-19-14-22(26)24(23(15-19)30-17(2)3)21-13-20(12-11-18(21)4)16-29-25(27)28/h14-15,17-18,20-21,26H,5-13,16H2,1-4H3/t18-,20-,21-/m1/s1. The summed E-state index contributed by atoms with van der Waals surface area (Å²) in [6.07, 6.45) is 9.63. The number of phenolic OH excluding ortho intramolecular Hbond substituents is 1. The Morgan fingerprint density at radius 2 is 1.93 bits per heavy atom. The molecule has 1 fully saturated rings. The highest BCUT2D eigenvalue weighted by atomic mass is 16.9. The summed E-state index contributed by atoms with van der Waals surface area (Å²) in [6, 6.07) is 3.99. The zero-order valence-electron chi connectivity index (χ0n) is 19.1. The first-order valence-electron chi connectivity index (χ1n) is 11.6. The van der Waals surface area contributed by atoms with Crippen molar-refractivity contribution < 1.29 is 19.8 Å². The fourth-order valence-corrected chi connectivity index (χ4v) is 4.60. The second kappa shape index (κ2) is 12.0. The van der Waals surface area contributed by atoms with Crippen LogP contribution >= 0.6 is 0 Å². The topological polar surface area (TPSA) is 81.8 Å². The van der Waals surface area contributed by atoms with Crippen molar-refractivity contribution in [1.82, 2.24) is 0 Å². The SMILES string of the molecule is CCCCCCCc1cc(O)c([C@@H]2C[C@H](CO[N+](=O)[O-])CC[C@H]2C)c(OC(C)C)c1. The van der Waals surface area contributed by atoms with Crippen LogP contribution in [0.5, 0.6) is 11.5 Å². The molecule has 1 aliphatic carbocycles. The third-order valence-electron chi connectivity index (χ3n) is 6.20. The van der Waals surface area contributed by atoms with Crippen molar-refractivity contribution in [2.75, 3.05) is 6.61 Å². The van der Waals surface area contributed by atoms with Crippen LogP contribution in [0.4, 0.5) is 0 Å². The molecule has 1 saturated carbocycles. The van der Waals surface area contributed by atoms with Gasteiger partial charge in [0.25, 0.3) is 5.09 Å². The number of aryl methyl sites for hydroxylation is 1. The molecule has 2 rings (SSSR count). The summed E-state index contributed by atoms with van der Waals surface area (Å²) in [5.41, 5.74) is 1.97. The summed E-state index contributed by atoms with van der Waals surface area (Å²) in [5.74, 6) is 1.65. The normalized spacial score (nSPS) is 21.6. The van der Waals surface area contributed by atoms with Gasteiger partial charge in [0.05, 0.1) is 12.7 Å². The van der Waals surface area contributed by atoms with Crippen LogP contribution in [0, 0.1) is 22.0 Å². The van der Waals surface area contributed by atoms with E-state index in [4.69, 9.17) is 4.74 Å². The highest BCUT2D eigenvalue weighted by Gasteiger charge is 2.33. The van der Waals surface area contributed by atoms with E-state index in [9.17, 15) is 15.2 Å². The number of hydrogen-bond donors (Lipinski definition) is 1. The third-order valence-corrected chi connectivity index (χ3v) is 6.20. The van der Waals surface area contributed by atoms with Gasteiger partial charge in [-0.25, -0.2) is 0 Å². The van der Waals surface area contributed by atoms with Crippen LogP contribution in [-0.2, 0) is 11.3 Å². The minimum absolute atomic E-state index is 0.00969. The minimum Gasteiger partial charge on any atom is -0.508 e. The zero-order chi connectivity index (χ0) is 22.1. The average Bonchev–Trinajstić information content (AvgIpc) is 2.67. The van der Waals surface area contributed by atoms with Gasteiger partial charge in [0.15, 0.2) is 0 Å². The second-order valence-electron chi connectivity index (χ2n) is 9.14. The molecule has 1 aliphatic rings. The number of ether oxygens (including phenoxy) is 1. The molecule has 0 spiro atoms. The Labute approximate surface area is 181 Å². The summed E-state index contributed by atoms with van der Waals surface area (Å²) in [7, 11) is 0. The summed E-state index contributed by atoms with van der Waals surface area (Å²) in [5, 5.41) is 20.9. The number of aromatic hydroxyl groups is 1. The summed E-state index contributed by atoms with van der Waals surface area (Å²) in [4.78, 5) is 15.2. The lowest BCUT2D eigenvalue weighted by Crippen LogP contribution is -2.26. The fraction of sp³-hybridized carbons (Fsp3) is 0.750. The molecular formula is C24H39NO5. The van der Waals surface area contributed by atoms with Crippen LogP contribution in [0.1, 0.15) is 96.1 Å². The van der Waals surface area contributed by atoms with E-state index < -0.39 is 5.09 Å². The zero-order valence-corrected chi connectivity index (χ0v) is 19.1. The minimum atomic E-state index is -0.715. The smallest absolute Gasteiger partial charge is 0.294 e. The molecule has 0 amide bonds. The lowest BCUT2D eigenvalue weighted by Gasteiger charge is -2.35. The van der Waals surface area contributed by atoms with Gasteiger partial charge in [-0.15, -0.1) is 10.1 Å². The molecule has 0 radical (unpaired) electrons. The van der Waals surface area contributed by atoms with E-state index in [2.05, 4.69) is 24.8 Å². The molecule has 0 saturated heterocycles. The molecule has 0 unspecified atom stereocenters. The first kappa shape index (κ1) is 24.3. The molecule has 170 valence electrons. The van der Waals surface area contributed by atoms with E-state index in [-0.39, 0.29) is 24.5 Å². The Kier molecular flexibility index (Phi) is 9.73. The van der Waals surface area contributed by atoms with Crippen LogP contribution < -0.4 is 4.74 Å². The molecule has 0 aliphatic heterocycles. The van der Waals surface area contributed by atoms with Crippen molar-refractivity contribution in [3.63, 3.8) is 0 Å². The van der Waals surface area contributed by atoms with Gasteiger partial charge < -0.3 is 14.7 Å². The van der Waals surface area contributed by atoms with Crippen molar-refractivity contribution in [2.24, 2.45) is 11.8 Å². The Morgan fingerprint density at radius 3 is 2.60 bits per heavy atom. The number of phenols is 1. The van der Waals surface area contributed by atoms with Gasteiger partial charge >= 0.3 is 0 Å². The van der Waals surface area contributed by atoms with Gasteiger partial charge in [-0.1, -0.05) is 39.5 Å². The molecule has 6 nitrogen and oxygen atoms in total. The fourth-order valence-electron chi connectivity index (χ4n) is 4.60. The Balaban J connectivity index is 2.20. The summed E-state index contributed by atoms with van der Waals surface area (Å²) in [6.45, 7) is 8.52. The number of unbranched alkanes of at least 4 members (excludes halogenated alkanes) is 4. The predicted octanol–water partition coefficient (Wildman–Crippen LogP) is 6.42. The van der Waals surface area contributed by atoms with E-state index in [1.807, 2.05) is 19.9 Å². The summed E-state index contributed by atoms with van der Waals surface area (Å²) < 4.78 is 6.15. The first-order valence-corrected chi connectivity index (χ1v) is 11.6. The Hall–Kier alpha value is -1.98. The van der Waals surface area contributed by atoms with E-state index in [1.165, 1.54) is 25.7 Å². The maximum Gasteiger partial charge on any atom is 0.294 e. The lowest BCUT2D eigenvalue weighted by atomic mass is 9.71. The highest BCUT2D eigenvalue weighted by Crippen LogP contribution is 2.47. The number of nitrogens with zero attached hydrogens (tertiary/aromatic N) is 1. The van der Waals surface area contributed by atoms with Crippen LogP contribution in [0.2, 0.25) is 0 Å². The molecule has 0 bridgehead atoms. The molecule has 6 heteroatoms. The van der Waals surface area contributed by atoms with Crippen LogP contribution in [0.15, 0.2) is 12.1 Å². The quantitative estimate of drug-likeness (QED) is 0.239. The molecule has 0 heterocycles. The van der Waals surface area contributed by atoms with Crippen LogP contribution in [-0.4, -0.2) is 22.9 Å². The Bertz CT molecular complexity index is 676. The molecule has 1 aromatic rings. The molecular weight excluding hydrogens is 382 g/mol. The van der Waals surface area contributed by atoms with E-state index in [0.29, 0.717) is 11.7 Å². The first-order chi connectivity index (χ1) is 14.3. The van der Waals surface area contributed by atoms with Crippen molar-refractivity contribution in [1.29, 1.82) is 0 Å². The van der Waals surface area contributed by atoms with E-state index in [0.717, 1.165) is 49.0 Å². The second-order valence-corrected chi connectivity index (χ2v) is 9.14. The van der Waals surface area contributed by atoms with Crippen molar-refractivity contribution >= 4 is 0 Å². The van der Waals surface area contributed by atoms with Gasteiger partial charge in [0.2, 0.25) is 0 Å². The molecule has 1 aromatic carbocycles. The maximum atomic E-state index is 11.0. The van der Waals surface area contributed by atoms with E-state index in [1.54, 1.807) is 0 Å². The number of rotatable bonds is 12. The number of hydrogen-bond acceptors (Lipinski definition) is 5. The third kappa shape index (κ3) is 7.37. The van der Waals surface area contributed by atoms with E-state index >= 15 is 0 Å². The summed E-state index contributed by atoms with van der Waals surface area (Å²) >= 11 is 0. The average molecular weight is 422 g/mol. The van der Waals surface area contributed by atoms with Gasteiger partial charge in [0, 0.05) is 5.56 Å². The van der Waals surface area contributed by atoms with Gasteiger partial charge in [-0.05, 0) is 81.4 Å². The van der Waals surface area contributed by atoms with Crippen molar-refractivity contribution in [2.45, 2.75) is 97.5 Å². The van der Waals surface area contributed by atoms with Gasteiger partial charge in [-0.3, -0.25) is 0 Å². The Morgan fingerprint density at radius 1 is 1.20 bits per heavy atom. The predicted molar refractivity (Wildman–Crippen MR) is 119 cm³/mol. The molecule has 1 N–H and O–H groups in total. The lowest BCUT2D eigenvalue weighted by molar-refractivity contribution is -0.759. The molecule has 3 atom stereocenters. The number of benzene rings is 1. The largest absolute Gasteiger partial charge is 0.508 e. The monoisotopic (exact) mass is 421 g/mol. The van der Waals surface area contributed by atoms with Crippen LogP contribution in [0.3, 0.4) is 0 Å². The highest BCUT2D eigenvalue weighted by molar-refractivity contribution is 5.50. The van der Waals surface area contributed by atoms with Gasteiger partial charge in [0.1, 0.15) is 11.5 Å². The van der Waals surface area contributed by atoms with Gasteiger partial charge in [-0.2, -0.15) is 0 Å².